The second kappa shape index (κ2) is 8.14. The van der Waals surface area contributed by atoms with Gasteiger partial charge in [-0.15, -0.1) is 0 Å². The minimum atomic E-state index is -0.362. The van der Waals surface area contributed by atoms with Gasteiger partial charge in [-0.3, -0.25) is 14.5 Å². The minimum Gasteiger partial charge on any atom is -0.490 e. The lowest BCUT2D eigenvalue weighted by atomic mass is 9.69. The smallest absolute Gasteiger partial charge is 0.232 e. The van der Waals surface area contributed by atoms with Gasteiger partial charge in [0.05, 0.1) is 0 Å². The number of carbonyl (C=O) groups excluding carboxylic acids is 2. The minimum absolute atomic E-state index is 0.0721. The van der Waals surface area contributed by atoms with Crippen LogP contribution in [0.15, 0.2) is 72.5 Å². The van der Waals surface area contributed by atoms with Gasteiger partial charge in [0.1, 0.15) is 18.2 Å². The van der Waals surface area contributed by atoms with E-state index in [0.717, 1.165) is 11.3 Å². The van der Waals surface area contributed by atoms with Crippen LogP contribution in [-0.2, 0) is 9.59 Å². The van der Waals surface area contributed by atoms with E-state index in [1.807, 2.05) is 38.1 Å². The van der Waals surface area contributed by atoms with Gasteiger partial charge >= 0.3 is 0 Å². The summed E-state index contributed by atoms with van der Waals surface area (Å²) in [6.07, 6.45) is 2.91. The summed E-state index contributed by atoms with van der Waals surface area (Å²) in [4.78, 5) is 28.2. The van der Waals surface area contributed by atoms with Gasteiger partial charge in [0.15, 0.2) is 5.78 Å². The molecule has 160 valence electrons. The zero-order chi connectivity index (χ0) is 22.2. The van der Waals surface area contributed by atoms with Gasteiger partial charge in [-0.1, -0.05) is 38.6 Å². The lowest BCUT2D eigenvalue weighted by molar-refractivity contribution is -0.121. The molecule has 4 rings (SSSR count). The Balaban J connectivity index is 1.79. The SMILES string of the molecule is C=CCOc1ccc(C2CC(=O)N(c3ccc(F)cc3)C3=C2C(=O)CC(C)(C)C3)cc1. The summed E-state index contributed by atoms with van der Waals surface area (Å²) in [5.41, 5.74) is 2.69. The molecule has 0 spiro atoms. The zero-order valence-corrected chi connectivity index (χ0v) is 17.9. The third kappa shape index (κ3) is 4.18. The van der Waals surface area contributed by atoms with Crippen molar-refractivity contribution in [1.82, 2.24) is 0 Å². The van der Waals surface area contributed by atoms with Crippen molar-refractivity contribution < 1.29 is 18.7 Å². The maximum Gasteiger partial charge on any atom is 0.232 e. The average molecular weight is 419 g/mol. The zero-order valence-electron chi connectivity index (χ0n) is 17.9. The molecule has 0 radical (unpaired) electrons. The molecule has 4 nitrogen and oxygen atoms in total. The van der Waals surface area contributed by atoms with Crippen molar-refractivity contribution in [3.8, 4) is 5.75 Å². The molecule has 1 heterocycles. The molecule has 0 saturated heterocycles. The molecule has 1 amide bonds. The van der Waals surface area contributed by atoms with Crippen LogP contribution >= 0.6 is 0 Å². The molecule has 2 aromatic rings. The molecular formula is C26H26FNO3. The highest BCUT2D eigenvalue weighted by molar-refractivity contribution is 6.07. The lowest BCUT2D eigenvalue weighted by Crippen LogP contribution is -2.43. The number of hydrogen-bond donors (Lipinski definition) is 0. The molecule has 5 heteroatoms. The predicted molar refractivity (Wildman–Crippen MR) is 118 cm³/mol. The molecule has 1 unspecified atom stereocenters. The quantitative estimate of drug-likeness (QED) is 0.597. The van der Waals surface area contributed by atoms with E-state index in [4.69, 9.17) is 4.74 Å². The van der Waals surface area contributed by atoms with Gasteiger partial charge in [-0.05, 0) is 53.8 Å². The van der Waals surface area contributed by atoms with E-state index in [1.165, 1.54) is 12.1 Å². The van der Waals surface area contributed by atoms with Crippen LogP contribution in [0.2, 0.25) is 0 Å². The number of hydrogen-bond acceptors (Lipinski definition) is 3. The number of Topliss-reactive ketones (excluding diaryl/α,β-unsaturated/α-hetero) is 1. The Morgan fingerprint density at radius 1 is 1.10 bits per heavy atom. The maximum absolute atomic E-state index is 13.5. The molecule has 31 heavy (non-hydrogen) atoms. The largest absolute Gasteiger partial charge is 0.490 e. The second-order valence-electron chi connectivity index (χ2n) is 8.93. The van der Waals surface area contributed by atoms with E-state index < -0.39 is 0 Å². The van der Waals surface area contributed by atoms with Crippen molar-refractivity contribution in [3.63, 3.8) is 0 Å². The number of rotatable bonds is 5. The molecule has 1 atom stereocenters. The summed E-state index contributed by atoms with van der Waals surface area (Å²) in [7, 11) is 0. The van der Waals surface area contributed by atoms with E-state index >= 15 is 0 Å². The van der Waals surface area contributed by atoms with Crippen molar-refractivity contribution in [2.24, 2.45) is 5.41 Å². The topological polar surface area (TPSA) is 46.6 Å². The maximum atomic E-state index is 13.5. The monoisotopic (exact) mass is 419 g/mol. The molecular weight excluding hydrogens is 393 g/mol. The van der Waals surface area contributed by atoms with Crippen molar-refractivity contribution in [2.75, 3.05) is 11.5 Å². The van der Waals surface area contributed by atoms with Crippen molar-refractivity contribution >= 4 is 17.4 Å². The number of nitrogens with zero attached hydrogens (tertiary/aromatic N) is 1. The molecule has 0 saturated carbocycles. The summed E-state index contributed by atoms with van der Waals surface area (Å²) < 4.78 is 19.0. The summed E-state index contributed by atoms with van der Waals surface area (Å²) in [6, 6.07) is 13.4. The van der Waals surface area contributed by atoms with Crippen LogP contribution in [0.1, 0.15) is 44.6 Å². The van der Waals surface area contributed by atoms with Gasteiger partial charge in [0, 0.05) is 35.7 Å². The van der Waals surface area contributed by atoms with Gasteiger partial charge in [-0.25, -0.2) is 4.39 Å². The van der Waals surface area contributed by atoms with E-state index in [0.29, 0.717) is 36.5 Å². The molecule has 1 aliphatic carbocycles. The molecule has 0 N–H and O–H groups in total. The van der Waals surface area contributed by atoms with E-state index in [9.17, 15) is 14.0 Å². The summed E-state index contributed by atoms with van der Waals surface area (Å²) in [6.45, 7) is 8.14. The highest BCUT2D eigenvalue weighted by Gasteiger charge is 2.44. The number of ether oxygens (including phenoxy) is 1. The molecule has 2 aromatic carbocycles. The van der Waals surface area contributed by atoms with Gasteiger partial charge in [0.25, 0.3) is 0 Å². The molecule has 0 fully saturated rings. The number of ketones is 1. The standard InChI is InChI=1S/C26H26FNO3/c1-4-13-31-20-11-5-17(6-12-20)21-14-24(30)28(19-9-7-18(27)8-10-19)22-15-26(2,3)16-23(29)25(21)22/h4-12,21H,1,13-16H2,2-3H3. The normalized spacial score (nSPS) is 20.5. The van der Waals surface area contributed by atoms with Crippen LogP contribution in [0.4, 0.5) is 10.1 Å². The first-order chi connectivity index (χ1) is 14.8. The third-order valence-corrected chi connectivity index (χ3v) is 5.88. The van der Waals surface area contributed by atoms with Crippen LogP contribution in [0.3, 0.4) is 0 Å². The van der Waals surface area contributed by atoms with E-state index in [-0.39, 0.29) is 35.3 Å². The van der Waals surface area contributed by atoms with Crippen LogP contribution in [0, 0.1) is 11.2 Å². The Bertz CT molecular complexity index is 1050. The Morgan fingerprint density at radius 3 is 2.42 bits per heavy atom. The fourth-order valence-electron chi connectivity index (χ4n) is 4.54. The highest BCUT2D eigenvalue weighted by atomic mass is 19.1. The first-order valence-electron chi connectivity index (χ1n) is 10.5. The number of amides is 1. The summed E-state index contributed by atoms with van der Waals surface area (Å²) in [5.74, 6) is 0.0371. The fourth-order valence-corrected chi connectivity index (χ4v) is 4.54. The first-order valence-corrected chi connectivity index (χ1v) is 10.5. The lowest BCUT2D eigenvalue weighted by Gasteiger charge is -2.43. The average Bonchev–Trinajstić information content (AvgIpc) is 2.72. The second-order valence-corrected chi connectivity index (χ2v) is 8.93. The molecule has 0 aromatic heterocycles. The Hall–Kier alpha value is -3.21. The summed E-state index contributed by atoms with van der Waals surface area (Å²) >= 11 is 0. The Kier molecular flexibility index (Phi) is 5.52. The Morgan fingerprint density at radius 2 is 1.77 bits per heavy atom. The third-order valence-electron chi connectivity index (χ3n) is 5.88. The Labute approximate surface area is 182 Å². The van der Waals surface area contributed by atoms with Gasteiger partial charge in [0.2, 0.25) is 5.91 Å². The molecule has 1 aliphatic heterocycles. The summed E-state index contributed by atoms with van der Waals surface area (Å²) in [5, 5.41) is 0. The van der Waals surface area contributed by atoms with E-state index in [1.54, 1.807) is 23.1 Å². The van der Waals surface area contributed by atoms with Crippen LogP contribution < -0.4 is 9.64 Å². The molecule has 0 bridgehead atoms. The number of carbonyl (C=O) groups is 2. The fraction of sp³-hybridized carbons (Fsp3) is 0.308. The first kappa shape index (κ1) is 21.0. The van der Waals surface area contributed by atoms with Gasteiger partial charge < -0.3 is 4.74 Å². The van der Waals surface area contributed by atoms with Crippen LogP contribution in [0.5, 0.6) is 5.75 Å². The van der Waals surface area contributed by atoms with E-state index in [2.05, 4.69) is 6.58 Å². The number of halogens is 1. The van der Waals surface area contributed by atoms with Crippen molar-refractivity contribution in [2.45, 2.75) is 39.0 Å². The van der Waals surface area contributed by atoms with Gasteiger partial charge in [-0.2, -0.15) is 0 Å². The molecule has 2 aliphatic rings. The van der Waals surface area contributed by atoms with Crippen LogP contribution in [0.25, 0.3) is 0 Å². The van der Waals surface area contributed by atoms with Crippen molar-refractivity contribution in [1.29, 1.82) is 0 Å². The van der Waals surface area contributed by atoms with Crippen LogP contribution in [-0.4, -0.2) is 18.3 Å². The van der Waals surface area contributed by atoms with Crippen molar-refractivity contribution in [3.05, 3.63) is 83.8 Å². The highest BCUT2D eigenvalue weighted by Crippen LogP contribution is 2.48. The number of anilines is 1. The number of allylic oxidation sites excluding steroid dienone is 2. The number of benzene rings is 2. The predicted octanol–water partition coefficient (Wildman–Crippen LogP) is 5.55.